The third kappa shape index (κ3) is 4.58. The maximum atomic E-state index is 12.4. The molecule has 0 aromatic carbocycles. The van der Waals surface area contributed by atoms with Crippen LogP contribution in [0.3, 0.4) is 0 Å². The van der Waals surface area contributed by atoms with Gasteiger partial charge in [-0.1, -0.05) is 0 Å². The normalized spacial score (nSPS) is 13.2. The van der Waals surface area contributed by atoms with Crippen LogP contribution < -0.4 is 15.1 Å². The predicted molar refractivity (Wildman–Crippen MR) is 113 cm³/mol. The minimum atomic E-state index is -0.257. The van der Waals surface area contributed by atoms with Crippen LogP contribution in [-0.2, 0) is 17.6 Å². The highest BCUT2D eigenvalue weighted by atomic mass is 16.2. The summed E-state index contributed by atoms with van der Waals surface area (Å²) < 4.78 is 0. The summed E-state index contributed by atoms with van der Waals surface area (Å²) in [6.07, 6.45) is 4.73. The summed E-state index contributed by atoms with van der Waals surface area (Å²) in [4.78, 5) is 30.4. The number of nitrogens with one attached hydrogen (secondary N) is 1. The first-order valence-electron chi connectivity index (χ1n) is 9.70. The van der Waals surface area contributed by atoms with Crippen LogP contribution in [0.5, 0.6) is 0 Å². The van der Waals surface area contributed by atoms with Gasteiger partial charge in [0, 0.05) is 49.8 Å². The third-order valence-electron chi connectivity index (χ3n) is 4.66. The van der Waals surface area contributed by atoms with Crippen molar-refractivity contribution in [3.63, 3.8) is 0 Å². The average molecular weight is 383 g/mol. The van der Waals surface area contributed by atoms with Gasteiger partial charge in [0.1, 0.15) is 11.5 Å². The van der Waals surface area contributed by atoms with Crippen LogP contribution in [0, 0.1) is 0 Å². The third-order valence-corrected chi connectivity index (χ3v) is 4.66. The van der Waals surface area contributed by atoms with Gasteiger partial charge in [-0.05, 0) is 52.2 Å². The molecule has 2 aromatic rings. The molecule has 1 amide bonds. The summed E-state index contributed by atoms with van der Waals surface area (Å²) in [7, 11) is 5.90. The van der Waals surface area contributed by atoms with E-state index in [-0.39, 0.29) is 18.0 Å². The van der Waals surface area contributed by atoms with E-state index < -0.39 is 0 Å². The van der Waals surface area contributed by atoms with E-state index in [2.05, 4.69) is 10.3 Å². The molecule has 0 saturated heterocycles. The van der Waals surface area contributed by atoms with Gasteiger partial charge in [0.05, 0.1) is 6.54 Å². The molecule has 0 bridgehead atoms. The standard InChI is InChI=1S/C21H30N6O/c1-21(2,3)25-18(28)13-27(6)20-15-8-7-9-16(15)23-19(24-20)17-12-14(26(4)5)10-11-22-17/h10-12H,7-9,13H2,1-6H3,(H,25,28). The van der Waals surface area contributed by atoms with Crippen molar-refractivity contribution >= 4 is 17.4 Å². The summed E-state index contributed by atoms with van der Waals surface area (Å²) in [5, 5.41) is 3.01. The summed E-state index contributed by atoms with van der Waals surface area (Å²) in [5.41, 5.74) is 3.76. The smallest absolute Gasteiger partial charge is 0.239 e. The second-order valence-corrected chi connectivity index (χ2v) is 8.60. The quantitative estimate of drug-likeness (QED) is 0.856. The lowest BCUT2D eigenvalue weighted by Crippen LogP contribution is -2.45. The van der Waals surface area contributed by atoms with Crippen LogP contribution in [0.1, 0.15) is 38.4 Å². The molecule has 0 saturated carbocycles. The van der Waals surface area contributed by atoms with Gasteiger partial charge in [-0.3, -0.25) is 9.78 Å². The van der Waals surface area contributed by atoms with Crippen molar-refractivity contribution in [3.05, 3.63) is 29.6 Å². The highest BCUT2D eigenvalue weighted by Gasteiger charge is 2.24. The number of hydrogen-bond acceptors (Lipinski definition) is 6. The number of carbonyl (C=O) groups is 1. The summed E-state index contributed by atoms with van der Waals surface area (Å²) in [6, 6.07) is 3.95. The Morgan fingerprint density at radius 2 is 1.93 bits per heavy atom. The fraction of sp³-hybridized carbons (Fsp3) is 0.524. The molecule has 3 rings (SSSR count). The van der Waals surface area contributed by atoms with E-state index in [1.807, 2.05) is 63.8 Å². The average Bonchev–Trinajstić information content (AvgIpc) is 3.07. The molecular weight excluding hydrogens is 352 g/mol. The van der Waals surface area contributed by atoms with Crippen molar-refractivity contribution in [1.82, 2.24) is 20.3 Å². The molecule has 150 valence electrons. The molecule has 0 radical (unpaired) electrons. The van der Waals surface area contributed by atoms with Crippen molar-refractivity contribution < 1.29 is 4.79 Å². The van der Waals surface area contributed by atoms with Crippen molar-refractivity contribution in [2.75, 3.05) is 37.5 Å². The number of pyridine rings is 1. The van der Waals surface area contributed by atoms with E-state index in [1.54, 1.807) is 6.20 Å². The van der Waals surface area contributed by atoms with Crippen molar-refractivity contribution in [2.45, 2.75) is 45.6 Å². The number of hydrogen-bond donors (Lipinski definition) is 1. The predicted octanol–water partition coefficient (Wildman–Crippen LogP) is 2.44. The van der Waals surface area contributed by atoms with Crippen LogP contribution >= 0.6 is 0 Å². The minimum absolute atomic E-state index is 0.0189. The van der Waals surface area contributed by atoms with Crippen LogP contribution in [0.2, 0.25) is 0 Å². The molecule has 0 spiro atoms. The molecule has 1 N–H and O–H groups in total. The number of nitrogens with zero attached hydrogens (tertiary/aromatic N) is 5. The number of likely N-dealkylation sites (N-methyl/N-ethyl adjacent to an activating group) is 1. The van der Waals surface area contributed by atoms with Gasteiger partial charge in [-0.2, -0.15) is 0 Å². The Balaban J connectivity index is 1.94. The van der Waals surface area contributed by atoms with Crippen LogP contribution in [-0.4, -0.2) is 54.1 Å². The van der Waals surface area contributed by atoms with Crippen LogP contribution in [0.25, 0.3) is 11.5 Å². The first kappa shape index (κ1) is 20.0. The second-order valence-electron chi connectivity index (χ2n) is 8.60. The Kier molecular flexibility index (Phi) is 5.54. The number of aryl methyl sites for hydroxylation is 1. The van der Waals surface area contributed by atoms with Gasteiger partial charge >= 0.3 is 0 Å². The Labute approximate surface area is 167 Å². The molecule has 0 aliphatic heterocycles. The lowest BCUT2D eigenvalue weighted by atomic mass is 10.1. The first-order chi connectivity index (χ1) is 13.1. The van der Waals surface area contributed by atoms with Crippen LogP contribution in [0.15, 0.2) is 18.3 Å². The largest absolute Gasteiger partial charge is 0.378 e. The topological polar surface area (TPSA) is 74.2 Å². The fourth-order valence-corrected chi connectivity index (χ4v) is 3.41. The van der Waals surface area contributed by atoms with Gasteiger partial charge < -0.3 is 15.1 Å². The van der Waals surface area contributed by atoms with Gasteiger partial charge in [-0.25, -0.2) is 9.97 Å². The molecule has 0 fully saturated rings. The van der Waals surface area contributed by atoms with Crippen molar-refractivity contribution in [3.8, 4) is 11.5 Å². The number of amides is 1. The number of rotatable bonds is 5. The molecule has 0 atom stereocenters. The monoisotopic (exact) mass is 382 g/mol. The van der Waals surface area contributed by atoms with E-state index in [9.17, 15) is 4.79 Å². The lowest BCUT2D eigenvalue weighted by Gasteiger charge is -2.25. The number of carbonyl (C=O) groups excluding carboxylic acids is 1. The molecule has 1 aliphatic carbocycles. The molecule has 28 heavy (non-hydrogen) atoms. The van der Waals surface area contributed by atoms with Crippen molar-refractivity contribution in [1.29, 1.82) is 0 Å². The molecule has 2 aromatic heterocycles. The van der Waals surface area contributed by atoms with E-state index in [1.165, 1.54) is 0 Å². The minimum Gasteiger partial charge on any atom is -0.378 e. The van der Waals surface area contributed by atoms with E-state index in [0.717, 1.165) is 47.7 Å². The lowest BCUT2D eigenvalue weighted by molar-refractivity contribution is -0.121. The highest BCUT2D eigenvalue weighted by molar-refractivity contribution is 5.82. The number of fused-ring (bicyclic) bond motifs is 1. The van der Waals surface area contributed by atoms with Gasteiger partial charge in [0.25, 0.3) is 0 Å². The molecule has 1 aliphatic rings. The van der Waals surface area contributed by atoms with E-state index >= 15 is 0 Å². The zero-order chi connectivity index (χ0) is 20.5. The van der Waals surface area contributed by atoms with Crippen molar-refractivity contribution in [2.24, 2.45) is 0 Å². The molecule has 2 heterocycles. The van der Waals surface area contributed by atoms with E-state index in [0.29, 0.717) is 5.82 Å². The summed E-state index contributed by atoms with van der Waals surface area (Å²) >= 11 is 0. The summed E-state index contributed by atoms with van der Waals surface area (Å²) in [6.45, 7) is 6.20. The Bertz CT molecular complexity index is 872. The zero-order valence-electron chi connectivity index (χ0n) is 17.7. The Hall–Kier alpha value is -2.70. The Morgan fingerprint density at radius 3 is 2.61 bits per heavy atom. The highest BCUT2D eigenvalue weighted by Crippen LogP contribution is 2.31. The molecule has 7 nitrogen and oxygen atoms in total. The fourth-order valence-electron chi connectivity index (χ4n) is 3.41. The Morgan fingerprint density at radius 1 is 1.18 bits per heavy atom. The zero-order valence-corrected chi connectivity index (χ0v) is 17.7. The van der Waals surface area contributed by atoms with E-state index in [4.69, 9.17) is 9.97 Å². The van der Waals surface area contributed by atoms with Crippen LogP contribution in [0.4, 0.5) is 11.5 Å². The SMILES string of the molecule is CN(C)c1ccnc(-c2nc3c(c(N(C)CC(=O)NC(C)(C)C)n2)CCC3)c1. The van der Waals surface area contributed by atoms with Gasteiger partial charge in [0.2, 0.25) is 5.91 Å². The second kappa shape index (κ2) is 7.73. The number of aromatic nitrogens is 3. The molecular formula is C21H30N6O. The van der Waals surface area contributed by atoms with Gasteiger partial charge in [0.15, 0.2) is 5.82 Å². The van der Waals surface area contributed by atoms with Gasteiger partial charge in [-0.15, -0.1) is 0 Å². The molecule has 0 unspecified atom stereocenters. The number of anilines is 2. The first-order valence-corrected chi connectivity index (χ1v) is 9.70. The maximum absolute atomic E-state index is 12.4. The molecule has 7 heteroatoms. The summed E-state index contributed by atoms with van der Waals surface area (Å²) in [5.74, 6) is 1.43. The maximum Gasteiger partial charge on any atom is 0.239 e.